The van der Waals surface area contributed by atoms with Crippen LogP contribution < -0.4 is 4.74 Å². The summed E-state index contributed by atoms with van der Waals surface area (Å²) in [5, 5.41) is 11.4. The van der Waals surface area contributed by atoms with Crippen LogP contribution in [-0.2, 0) is 14.3 Å². The van der Waals surface area contributed by atoms with Gasteiger partial charge in [-0.15, -0.1) is 0 Å². The summed E-state index contributed by atoms with van der Waals surface area (Å²) in [5.41, 5.74) is 2.00. The standard InChI is InChI=1S/C26H31N3O6/c1-7-14-35-18-10-8-17(9-11-18)22-20(24(31)25(32)29(22)13-12-28(4)5)23(30)19-15(2)21(26(33)34-6)27-16(19)3/h7-11,22,27,30H,1,12-14H2,2-6H3/b23-20+/t22-/m0/s1. The third kappa shape index (κ3) is 5.00. The molecule has 186 valence electrons. The molecule has 1 atom stereocenters. The Morgan fingerprint density at radius 2 is 1.89 bits per heavy atom. The molecule has 3 rings (SSSR count). The lowest BCUT2D eigenvalue weighted by Gasteiger charge is -2.26. The Bertz CT molecular complexity index is 1180. The van der Waals surface area contributed by atoms with Crippen LogP contribution in [0.1, 0.15) is 38.9 Å². The van der Waals surface area contributed by atoms with E-state index in [2.05, 4.69) is 11.6 Å². The van der Waals surface area contributed by atoms with Crippen LogP contribution in [0.3, 0.4) is 0 Å². The number of ether oxygens (including phenoxy) is 2. The van der Waals surface area contributed by atoms with Crippen molar-refractivity contribution >= 4 is 23.4 Å². The highest BCUT2D eigenvalue weighted by Crippen LogP contribution is 2.41. The molecule has 2 N–H and O–H groups in total. The van der Waals surface area contributed by atoms with Crippen molar-refractivity contribution in [2.45, 2.75) is 19.9 Å². The van der Waals surface area contributed by atoms with Gasteiger partial charge in [0.1, 0.15) is 23.8 Å². The molecule has 1 aromatic carbocycles. The number of H-pyrrole nitrogens is 1. The number of aliphatic hydroxyl groups excluding tert-OH is 1. The third-order valence-electron chi connectivity index (χ3n) is 5.96. The molecule has 0 radical (unpaired) electrons. The van der Waals surface area contributed by atoms with Gasteiger partial charge in [-0.2, -0.15) is 0 Å². The minimum absolute atomic E-state index is 0.0323. The minimum Gasteiger partial charge on any atom is -0.507 e. The van der Waals surface area contributed by atoms with Crippen molar-refractivity contribution in [1.29, 1.82) is 0 Å². The van der Waals surface area contributed by atoms with Crippen LogP contribution >= 0.6 is 0 Å². The van der Waals surface area contributed by atoms with E-state index in [4.69, 9.17) is 9.47 Å². The molecule has 9 heteroatoms. The number of aryl methyl sites for hydroxylation is 1. The van der Waals surface area contributed by atoms with Gasteiger partial charge in [0.15, 0.2) is 0 Å². The van der Waals surface area contributed by atoms with Gasteiger partial charge >= 0.3 is 5.97 Å². The molecule has 0 saturated carbocycles. The average molecular weight is 482 g/mol. The van der Waals surface area contributed by atoms with E-state index in [0.717, 1.165) is 0 Å². The number of methoxy groups -OCH3 is 1. The zero-order valence-electron chi connectivity index (χ0n) is 20.7. The van der Waals surface area contributed by atoms with Crippen molar-refractivity contribution in [3.63, 3.8) is 0 Å². The number of benzene rings is 1. The molecule has 35 heavy (non-hydrogen) atoms. The van der Waals surface area contributed by atoms with Gasteiger partial charge in [-0.3, -0.25) is 9.59 Å². The van der Waals surface area contributed by atoms with E-state index in [9.17, 15) is 19.5 Å². The second kappa shape index (κ2) is 10.6. The summed E-state index contributed by atoms with van der Waals surface area (Å²) in [6.45, 7) is 8.11. The maximum Gasteiger partial charge on any atom is 0.354 e. The number of Topliss-reactive ketones (excluding diaryl/α,β-unsaturated/α-hetero) is 1. The number of hydrogen-bond acceptors (Lipinski definition) is 7. The summed E-state index contributed by atoms with van der Waals surface area (Å²) in [5.74, 6) is -1.79. The SMILES string of the molecule is C=CCOc1ccc([C@H]2/C(=C(\O)c3c(C)[nH]c(C(=O)OC)c3C)C(=O)C(=O)N2CCN(C)C)cc1. The summed E-state index contributed by atoms with van der Waals surface area (Å²) in [4.78, 5) is 44.7. The number of aromatic nitrogens is 1. The summed E-state index contributed by atoms with van der Waals surface area (Å²) < 4.78 is 10.4. The highest BCUT2D eigenvalue weighted by atomic mass is 16.5. The molecule has 1 aliphatic heterocycles. The lowest BCUT2D eigenvalue weighted by atomic mass is 9.94. The Labute approximate surface area is 204 Å². The predicted molar refractivity (Wildman–Crippen MR) is 131 cm³/mol. The Morgan fingerprint density at radius 1 is 1.23 bits per heavy atom. The van der Waals surface area contributed by atoms with Crippen LogP contribution in [0.2, 0.25) is 0 Å². The summed E-state index contributed by atoms with van der Waals surface area (Å²) in [6, 6.07) is 6.21. The zero-order chi connectivity index (χ0) is 25.9. The second-order valence-corrected chi connectivity index (χ2v) is 8.58. The number of esters is 1. The van der Waals surface area contributed by atoms with Gasteiger partial charge in [0.25, 0.3) is 11.7 Å². The van der Waals surface area contributed by atoms with E-state index in [1.165, 1.54) is 12.0 Å². The molecule has 1 aromatic heterocycles. The number of nitrogens with one attached hydrogen (secondary N) is 1. The second-order valence-electron chi connectivity index (χ2n) is 8.58. The van der Waals surface area contributed by atoms with E-state index in [1.54, 1.807) is 44.2 Å². The molecule has 0 unspecified atom stereocenters. The molecule has 1 saturated heterocycles. The Kier molecular flexibility index (Phi) is 7.81. The fourth-order valence-corrected chi connectivity index (χ4v) is 4.21. The molecule has 2 aromatic rings. The molecular formula is C26H31N3O6. The predicted octanol–water partition coefficient (Wildman–Crippen LogP) is 2.97. The fraction of sp³-hybridized carbons (Fsp3) is 0.346. The number of amides is 1. The number of rotatable bonds is 9. The van der Waals surface area contributed by atoms with Crippen LogP contribution in [0.15, 0.2) is 42.5 Å². The number of hydrogen-bond donors (Lipinski definition) is 2. The Balaban J connectivity index is 2.17. The normalized spacial score (nSPS) is 17.2. The number of ketones is 1. The first-order chi connectivity index (χ1) is 16.6. The fourth-order valence-electron chi connectivity index (χ4n) is 4.21. The van der Waals surface area contributed by atoms with Crippen LogP contribution in [0, 0.1) is 13.8 Å². The molecule has 9 nitrogen and oxygen atoms in total. The quantitative estimate of drug-likeness (QED) is 0.186. The topological polar surface area (TPSA) is 112 Å². The van der Waals surface area contributed by atoms with Crippen LogP contribution in [0.5, 0.6) is 5.75 Å². The highest BCUT2D eigenvalue weighted by molar-refractivity contribution is 6.46. The number of nitrogens with zero attached hydrogens (tertiary/aromatic N) is 2. The minimum atomic E-state index is -0.807. The molecule has 1 amide bonds. The zero-order valence-corrected chi connectivity index (χ0v) is 20.7. The summed E-state index contributed by atoms with van der Waals surface area (Å²) in [6.07, 6.45) is 1.63. The van der Waals surface area contributed by atoms with Gasteiger partial charge in [-0.1, -0.05) is 24.8 Å². The molecule has 0 bridgehead atoms. The van der Waals surface area contributed by atoms with Gasteiger partial charge < -0.3 is 29.4 Å². The smallest absolute Gasteiger partial charge is 0.354 e. The van der Waals surface area contributed by atoms with Crippen molar-refractivity contribution in [2.75, 3.05) is 40.9 Å². The largest absolute Gasteiger partial charge is 0.507 e. The van der Waals surface area contributed by atoms with Crippen molar-refractivity contribution in [3.8, 4) is 5.75 Å². The summed E-state index contributed by atoms with van der Waals surface area (Å²) in [7, 11) is 5.01. The van der Waals surface area contributed by atoms with Crippen LogP contribution in [0.25, 0.3) is 5.76 Å². The number of aliphatic hydroxyl groups is 1. The highest BCUT2D eigenvalue weighted by Gasteiger charge is 2.46. The molecular weight excluding hydrogens is 450 g/mol. The first-order valence-corrected chi connectivity index (χ1v) is 11.2. The molecule has 2 heterocycles. The molecule has 1 aliphatic rings. The van der Waals surface area contributed by atoms with Gasteiger partial charge in [0, 0.05) is 24.3 Å². The summed E-state index contributed by atoms with van der Waals surface area (Å²) >= 11 is 0. The van der Waals surface area contributed by atoms with E-state index in [1.807, 2.05) is 19.0 Å². The lowest BCUT2D eigenvalue weighted by molar-refractivity contribution is -0.140. The number of likely N-dealkylation sites (N-methyl/N-ethyl adjacent to an activating group) is 1. The van der Waals surface area contributed by atoms with E-state index < -0.39 is 23.7 Å². The van der Waals surface area contributed by atoms with Crippen molar-refractivity contribution < 1.29 is 29.0 Å². The van der Waals surface area contributed by atoms with E-state index >= 15 is 0 Å². The molecule has 1 fully saturated rings. The Hall–Kier alpha value is -3.85. The van der Waals surface area contributed by atoms with Crippen LogP contribution in [0.4, 0.5) is 0 Å². The third-order valence-corrected chi connectivity index (χ3v) is 5.96. The number of aromatic amines is 1. The van der Waals surface area contributed by atoms with E-state index in [0.29, 0.717) is 41.3 Å². The maximum absolute atomic E-state index is 13.2. The number of carbonyl (C=O) groups is 3. The van der Waals surface area contributed by atoms with Crippen molar-refractivity contribution in [1.82, 2.24) is 14.8 Å². The monoisotopic (exact) mass is 481 g/mol. The lowest BCUT2D eigenvalue weighted by Crippen LogP contribution is -2.35. The number of carbonyl (C=O) groups excluding carboxylic acids is 3. The van der Waals surface area contributed by atoms with E-state index in [-0.39, 0.29) is 23.6 Å². The Morgan fingerprint density at radius 3 is 2.46 bits per heavy atom. The maximum atomic E-state index is 13.2. The van der Waals surface area contributed by atoms with Gasteiger partial charge in [-0.25, -0.2) is 4.79 Å². The first-order valence-electron chi connectivity index (χ1n) is 11.2. The average Bonchev–Trinajstić information content (AvgIpc) is 3.27. The number of likely N-dealkylation sites (tertiary alicyclic amines) is 1. The molecule has 0 spiro atoms. The van der Waals surface area contributed by atoms with Gasteiger partial charge in [-0.05, 0) is 51.2 Å². The van der Waals surface area contributed by atoms with Gasteiger partial charge in [0.05, 0.1) is 18.7 Å². The van der Waals surface area contributed by atoms with Crippen molar-refractivity contribution in [3.05, 3.63) is 70.6 Å². The molecule has 0 aliphatic carbocycles. The van der Waals surface area contributed by atoms with Crippen LogP contribution in [-0.4, -0.2) is 78.5 Å². The van der Waals surface area contributed by atoms with Crippen molar-refractivity contribution in [2.24, 2.45) is 0 Å². The first kappa shape index (κ1) is 25.8. The van der Waals surface area contributed by atoms with Gasteiger partial charge in [0.2, 0.25) is 0 Å².